The molecule has 2 heteroatoms. The molecule has 0 radical (unpaired) electrons. The lowest BCUT2D eigenvalue weighted by Crippen LogP contribution is -2.67. The lowest BCUT2D eigenvalue weighted by Gasteiger charge is -2.64. The molecule has 0 aliphatic heterocycles. The van der Waals surface area contributed by atoms with E-state index in [1.54, 1.807) is 5.57 Å². The van der Waals surface area contributed by atoms with Crippen LogP contribution in [-0.4, -0.2) is 11.9 Å². The molecule has 1 N–H and O–H groups in total. The van der Waals surface area contributed by atoms with E-state index in [2.05, 4.69) is 39.1 Å². The molecule has 0 saturated heterocycles. The van der Waals surface area contributed by atoms with E-state index in [4.69, 9.17) is 0 Å². The Kier molecular flexibility index (Phi) is 3.49. The van der Waals surface area contributed by atoms with Gasteiger partial charge in [0.2, 0.25) is 6.41 Å². The SMILES string of the molecule is C[C@H]1C[C@H]2CC(C)(C)CC3=CC[C@@]4(NC=O)[C@@H]([C@@H]1CC[C@@H]4C)[C@@H]32. The van der Waals surface area contributed by atoms with Crippen LogP contribution in [0.2, 0.25) is 0 Å². The van der Waals surface area contributed by atoms with Gasteiger partial charge in [-0.05, 0) is 79.4 Å². The molecule has 4 rings (SSSR count). The van der Waals surface area contributed by atoms with Gasteiger partial charge in [0.25, 0.3) is 0 Å². The molecule has 3 saturated carbocycles. The number of carbonyl (C=O) groups is 1. The van der Waals surface area contributed by atoms with Crippen molar-refractivity contribution in [3.63, 3.8) is 0 Å². The van der Waals surface area contributed by atoms with Gasteiger partial charge in [-0.15, -0.1) is 0 Å². The normalized spacial score (nSPS) is 50.5. The summed E-state index contributed by atoms with van der Waals surface area (Å²) < 4.78 is 0. The van der Waals surface area contributed by atoms with Crippen LogP contribution in [0.4, 0.5) is 0 Å². The van der Waals surface area contributed by atoms with Crippen molar-refractivity contribution in [1.29, 1.82) is 0 Å². The van der Waals surface area contributed by atoms with Gasteiger partial charge >= 0.3 is 0 Å². The van der Waals surface area contributed by atoms with Crippen molar-refractivity contribution in [2.45, 2.75) is 71.8 Å². The molecule has 0 aromatic rings. The topological polar surface area (TPSA) is 29.1 Å². The zero-order valence-corrected chi connectivity index (χ0v) is 15.3. The molecular weight excluding hydrogens is 282 g/mol. The van der Waals surface area contributed by atoms with E-state index in [-0.39, 0.29) is 5.54 Å². The maximum atomic E-state index is 11.5. The molecule has 0 heterocycles. The van der Waals surface area contributed by atoms with Crippen molar-refractivity contribution >= 4 is 6.41 Å². The quantitative estimate of drug-likeness (QED) is 0.587. The monoisotopic (exact) mass is 315 g/mol. The summed E-state index contributed by atoms with van der Waals surface area (Å²) in [7, 11) is 0. The van der Waals surface area contributed by atoms with Crippen LogP contribution in [0.15, 0.2) is 11.6 Å². The van der Waals surface area contributed by atoms with Crippen molar-refractivity contribution < 1.29 is 4.79 Å². The fourth-order valence-corrected chi connectivity index (χ4v) is 7.36. The largest absolute Gasteiger partial charge is 0.352 e. The zero-order valence-electron chi connectivity index (χ0n) is 15.3. The maximum absolute atomic E-state index is 11.5. The predicted octanol–water partition coefficient (Wildman–Crippen LogP) is 4.56. The minimum absolute atomic E-state index is 0.0350. The van der Waals surface area contributed by atoms with Crippen molar-refractivity contribution in [1.82, 2.24) is 5.32 Å². The lowest BCUT2D eigenvalue weighted by atomic mass is 9.43. The Morgan fingerprint density at radius 2 is 2.04 bits per heavy atom. The number of hydrogen-bond donors (Lipinski definition) is 1. The summed E-state index contributed by atoms with van der Waals surface area (Å²) in [6.45, 7) is 9.78. The minimum Gasteiger partial charge on any atom is -0.352 e. The van der Waals surface area contributed by atoms with E-state index in [1.165, 1.54) is 32.1 Å². The van der Waals surface area contributed by atoms with Crippen molar-refractivity contribution in [2.75, 3.05) is 0 Å². The molecule has 0 bridgehead atoms. The molecule has 0 aromatic heterocycles. The summed E-state index contributed by atoms with van der Waals surface area (Å²) in [5.74, 6) is 4.49. The summed E-state index contributed by atoms with van der Waals surface area (Å²) in [6.07, 6.45) is 11.3. The summed E-state index contributed by atoms with van der Waals surface area (Å²) in [6, 6.07) is 0. The first-order chi connectivity index (χ1) is 10.9. The smallest absolute Gasteiger partial charge is 0.207 e. The van der Waals surface area contributed by atoms with Crippen LogP contribution in [0.25, 0.3) is 0 Å². The van der Waals surface area contributed by atoms with E-state index in [0.717, 1.165) is 36.5 Å². The highest BCUT2D eigenvalue weighted by Crippen LogP contribution is 2.64. The average Bonchev–Trinajstić information content (AvgIpc) is 2.47. The number of nitrogens with one attached hydrogen (secondary N) is 1. The van der Waals surface area contributed by atoms with Crippen molar-refractivity contribution in [3.8, 4) is 0 Å². The molecule has 3 fully saturated rings. The van der Waals surface area contributed by atoms with Gasteiger partial charge in [-0.25, -0.2) is 0 Å². The Hall–Kier alpha value is -0.790. The highest BCUT2D eigenvalue weighted by Gasteiger charge is 2.60. The first-order valence-electron chi connectivity index (χ1n) is 9.78. The maximum Gasteiger partial charge on any atom is 0.207 e. The molecule has 0 unspecified atom stereocenters. The van der Waals surface area contributed by atoms with Gasteiger partial charge in [0.1, 0.15) is 0 Å². The first-order valence-corrected chi connectivity index (χ1v) is 9.78. The lowest BCUT2D eigenvalue weighted by molar-refractivity contribution is -0.122. The number of rotatable bonds is 2. The number of hydrogen-bond acceptors (Lipinski definition) is 1. The summed E-state index contributed by atoms with van der Waals surface area (Å²) >= 11 is 0. The summed E-state index contributed by atoms with van der Waals surface area (Å²) in [5, 5.41) is 3.38. The number of amides is 1. The van der Waals surface area contributed by atoms with E-state index in [9.17, 15) is 4.79 Å². The van der Waals surface area contributed by atoms with Crippen LogP contribution in [-0.2, 0) is 4.79 Å². The molecule has 0 spiro atoms. The molecule has 23 heavy (non-hydrogen) atoms. The standard InChI is InChI=1S/C21H33NO/c1-13-9-16-11-20(3,4)10-15-7-8-21(22-12-23)14(2)5-6-17(13)19(21)18(15)16/h7,12-14,16-19H,5-6,8-11H2,1-4H3,(H,22,23)/t13-,14-,16-,17+,18-,19-,21-/m0/s1. The summed E-state index contributed by atoms with van der Waals surface area (Å²) in [4.78, 5) is 11.5. The van der Waals surface area contributed by atoms with Crippen LogP contribution >= 0.6 is 0 Å². The van der Waals surface area contributed by atoms with Crippen molar-refractivity contribution in [3.05, 3.63) is 11.6 Å². The Bertz CT molecular complexity index is 536. The minimum atomic E-state index is 0.0350. The highest BCUT2D eigenvalue weighted by atomic mass is 16.1. The van der Waals surface area contributed by atoms with Gasteiger partial charge in [0.05, 0.1) is 0 Å². The number of allylic oxidation sites excluding steroid dienone is 1. The van der Waals surface area contributed by atoms with Crippen LogP contribution in [0.3, 0.4) is 0 Å². The second kappa shape index (κ2) is 5.10. The van der Waals surface area contributed by atoms with E-state index >= 15 is 0 Å². The number of carbonyl (C=O) groups excluding carboxylic acids is 1. The molecule has 0 aromatic carbocycles. The Morgan fingerprint density at radius 3 is 2.78 bits per heavy atom. The average molecular weight is 316 g/mol. The Morgan fingerprint density at radius 1 is 1.26 bits per heavy atom. The Labute approximate surface area is 141 Å². The van der Waals surface area contributed by atoms with Gasteiger partial charge in [-0.3, -0.25) is 4.79 Å². The van der Waals surface area contributed by atoms with Crippen LogP contribution < -0.4 is 5.32 Å². The molecule has 7 atom stereocenters. The highest BCUT2D eigenvalue weighted by molar-refractivity contribution is 5.49. The van der Waals surface area contributed by atoms with Gasteiger partial charge < -0.3 is 5.32 Å². The van der Waals surface area contributed by atoms with E-state index in [0.29, 0.717) is 17.3 Å². The van der Waals surface area contributed by atoms with Gasteiger partial charge in [0, 0.05) is 5.54 Å². The second-order valence-corrected chi connectivity index (χ2v) is 10.00. The van der Waals surface area contributed by atoms with Crippen LogP contribution in [0, 0.1) is 40.9 Å². The third kappa shape index (κ3) is 2.16. The summed E-state index contributed by atoms with van der Waals surface area (Å²) in [5.41, 5.74) is 2.23. The van der Waals surface area contributed by atoms with Gasteiger partial charge in [-0.1, -0.05) is 39.3 Å². The molecule has 4 aliphatic carbocycles. The molecule has 1 amide bonds. The van der Waals surface area contributed by atoms with E-state index < -0.39 is 0 Å². The molecule has 128 valence electrons. The fourth-order valence-electron chi connectivity index (χ4n) is 7.36. The molecule has 4 aliphatic rings. The van der Waals surface area contributed by atoms with Gasteiger partial charge in [-0.2, -0.15) is 0 Å². The molecular formula is C21H33NO. The molecule has 2 nitrogen and oxygen atoms in total. The third-order valence-corrected chi connectivity index (χ3v) is 8.12. The Balaban J connectivity index is 1.82. The predicted molar refractivity (Wildman–Crippen MR) is 93.8 cm³/mol. The van der Waals surface area contributed by atoms with Crippen LogP contribution in [0.5, 0.6) is 0 Å². The van der Waals surface area contributed by atoms with Crippen molar-refractivity contribution in [2.24, 2.45) is 40.9 Å². The van der Waals surface area contributed by atoms with Gasteiger partial charge in [0.15, 0.2) is 0 Å². The van der Waals surface area contributed by atoms with Crippen LogP contribution in [0.1, 0.15) is 66.2 Å². The van der Waals surface area contributed by atoms with E-state index in [1.807, 2.05) is 0 Å². The first kappa shape index (κ1) is 15.7. The fraction of sp³-hybridized carbons (Fsp3) is 0.857. The third-order valence-electron chi connectivity index (χ3n) is 8.12. The zero-order chi connectivity index (χ0) is 16.4. The second-order valence-electron chi connectivity index (χ2n) is 10.00.